The number of benzene rings is 2. The first-order valence-electron chi connectivity index (χ1n) is 8.11. The van der Waals surface area contributed by atoms with E-state index >= 15 is 0 Å². The molecule has 0 aliphatic heterocycles. The van der Waals surface area contributed by atoms with Gasteiger partial charge in [0.05, 0.1) is 5.52 Å². The summed E-state index contributed by atoms with van der Waals surface area (Å²) in [6.07, 6.45) is -0.171. The molecule has 0 unspecified atom stereocenters. The minimum Gasteiger partial charge on any atom is -0.448 e. The number of ether oxygens (including phenoxy) is 1. The Labute approximate surface area is 145 Å². The van der Waals surface area contributed by atoms with Crippen LogP contribution in [0.25, 0.3) is 10.9 Å². The van der Waals surface area contributed by atoms with Crippen molar-refractivity contribution in [3.8, 4) is 0 Å². The first-order valence-corrected chi connectivity index (χ1v) is 8.11. The lowest BCUT2D eigenvalue weighted by Crippen LogP contribution is -2.37. The maximum atomic E-state index is 12.2. The van der Waals surface area contributed by atoms with Crippen molar-refractivity contribution in [1.29, 1.82) is 0 Å². The highest BCUT2D eigenvalue weighted by Crippen LogP contribution is 2.16. The van der Waals surface area contributed by atoms with E-state index < -0.39 is 12.1 Å². The minimum atomic E-state index is -0.890. The average Bonchev–Trinajstić information content (AvgIpc) is 3.06. The number of H-pyrrole nitrogens is 1. The summed E-state index contributed by atoms with van der Waals surface area (Å²) < 4.78 is 5.23. The van der Waals surface area contributed by atoms with E-state index in [-0.39, 0.29) is 11.6 Å². The number of amides is 1. The van der Waals surface area contributed by atoms with Crippen LogP contribution in [0.15, 0.2) is 54.6 Å². The van der Waals surface area contributed by atoms with Crippen molar-refractivity contribution in [3.05, 3.63) is 65.9 Å². The van der Waals surface area contributed by atoms with Gasteiger partial charge < -0.3 is 10.1 Å². The topological polar surface area (TPSA) is 84.1 Å². The van der Waals surface area contributed by atoms with Gasteiger partial charge in [-0.15, -0.1) is 0 Å². The third-order valence-electron chi connectivity index (χ3n) is 3.87. The van der Waals surface area contributed by atoms with Gasteiger partial charge in [0.15, 0.2) is 11.8 Å². The van der Waals surface area contributed by atoms with Crippen molar-refractivity contribution in [2.45, 2.75) is 19.4 Å². The quantitative estimate of drug-likeness (QED) is 0.677. The zero-order valence-corrected chi connectivity index (χ0v) is 13.9. The van der Waals surface area contributed by atoms with Gasteiger partial charge in [-0.3, -0.25) is 9.89 Å². The summed E-state index contributed by atoms with van der Waals surface area (Å²) >= 11 is 0. The van der Waals surface area contributed by atoms with Crippen LogP contribution in [0.5, 0.6) is 0 Å². The number of fused-ring (bicyclic) bond motifs is 1. The fourth-order valence-corrected chi connectivity index (χ4v) is 2.51. The van der Waals surface area contributed by atoms with Crippen molar-refractivity contribution >= 4 is 22.8 Å². The molecule has 0 aliphatic carbocycles. The number of hydrogen-bond donors (Lipinski definition) is 2. The van der Waals surface area contributed by atoms with Crippen LogP contribution in [-0.4, -0.2) is 34.7 Å². The van der Waals surface area contributed by atoms with Crippen LogP contribution in [-0.2, 0) is 16.0 Å². The predicted octanol–water partition coefficient (Wildman–Crippen LogP) is 2.47. The van der Waals surface area contributed by atoms with Crippen LogP contribution in [0, 0.1) is 0 Å². The van der Waals surface area contributed by atoms with E-state index in [1.807, 2.05) is 48.5 Å². The summed E-state index contributed by atoms with van der Waals surface area (Å²) in [5.41, 5.74) is 2.06. The van der Waals surface area contributed by atoms with Gasteiger partial charge in [-0.1, -0.05) is 48.5 Å². The molecule has 2 aromatic carbocycles. The smallest absolute Gasteiger partial charge is 0.360 e. The van der Waals surface area contributed by atoms with Gasteiger partial charge in [0, 0.05) is 11.9 Å². The summed E-state index contributed by atoms with van der Waals surface area (Å²) in [4.78, 5) is 24.3. The molecule has 0 fully saturated rings. The van der Waals surface area contributed by atoms with Crippen LogP contribution in [0.3, 0.4) is 0 Å². The molecule has 0 spiro atoms. The Morgan fingerprint density at radius 3 is 2.64 bits per heavy atom. The lowest BCUT2D eigenvalue weighted by molar-refractivity contribution is -0.129. The molecule has 1 heterocycles. The molecule has 0 aliphatic rings. The second-order valence-corrected chi connectivity index (χ2v) is 5.69. The molecule has 25 heavy (non-hydrogen) atoms. The highest BCUT2D eigenvalue weighted by Gasteiger charge is 2.21. The molecule has 6 nitrogen and oxygen atoms in total. The monoisotopic (exact) mass is 337 g/mol. The number of nitrogens with zero attached hydrogens (tertiary/aromatic N) is 1. The summed E-state index contributed by atoms with van der Waals surface area (Å²) in [7, 11) is 0. The SMILES string of the molecule is C[C@H](OC(=O)c1n[nH]c2ccccc12)C(=O)NCCc1ccccc1. The van der Waals surface area contributed by atoms with E-state index in [4.69, 9.17) is 4.74 Å². The van der Waals surface area contributed by atoms with Crippen molar-refractivity contribution in [2.24, 2.45) is 0 Å². The van der Waals surface area contributed by atoms with E-state index in [0.29, 0.717) is 11.9 Å². The number of nitrogens with one attached hydrogen (secondary N) is 2. The zero-order valence-electron chi connectivity index (χ0n) is 13.9. The van der Waals surface area contributed by atoms with Gasteiger partial charge in [-0.2, -0.15) is 5.10 Å². The molecular formula is C19H19N3O3. The summed E-state index contributed by atoms with van der Waals surface area (Å²) in [6.45, 7) is 2.03. The molecule has 0 bridgehead atoms. The zero-order chi connectivity index (χ0) is 17.6. The maximum Gasteiger partial charge on any atom is 0.360 e. The van der Waals surface area contributed by atoms with Crippen LogP contribution in [0.2, 0.25) is 0 Å². The van der Waals surface area contributed by atoms with Gasteiger partial charge in [0.1, 0.15) is 0 Å². The Kier molecular flexibility index (Phi) is 5.09. The first-order chi connectivity index (χ1) is 12.1. The standard InChI is InChI=1S/C19H19N3O3/c1-13(18(23)20-12-11-14-7-3-2-4-8-14)25-19(24)17-15-9-5-6-10-16(15)21-22-17/h2-10,13H,11-12H2,1H3,(H,20,23)(H,21,22)/t13-/m0/s1. The highest BCUT2D eigenvalue weighted by atomic mass is 16.5. The molecule has 1 amide bonds. The van der Waals surface area contributed by atoms with Gasteiger partial charge in [0.25, 0.3) is 5.91 Å². The highest BCUT2D eigenvalue weighted by molar-refractivity contribution is 6.02. The van der Waals surface area contributed by atoms with Gasteiger partial charge in [-0.25, -0.2) is 4.79 Å². The lowest BCUT2D eigenvalue weighted by atomic mass is 10.1. The summed E-state index contributed by atoms with van der Waals surface area (Å²) in [5.74, 6) is -0.952. The van der Waals surface area contributed by atoms with Gasteiger partial charge in [0.2, 0.25) is 0 Å². The molecule has 1 aromatic heterocycles. The second kappa shape index (κ2) is 7.61. The number of esters is 1. The van der Waals surface area contributed by atoms with Crippen LogP contribution < -0.4 is 5.32 Å². The Morgan fingerprint density at radius 1 is 1.12 bits per heavy atom. The third kappa shape index (κ3) is 4.03. The number of aromatic amines is 1. The number of aromatic nitrogens is 2. The molecule has 0 radical (unpaired) electrons. The molecule has 3 aromatic rings. The molecule has 3 rings (SSSR count). The molecule has 0 saturated carbocycles. The van der Waals surface area contributed by atoms with E-state index in [0.717, 1.165) is 17.5 Å². The molecule has 128 valence electrons. The number of carbonyl (C=O) groups is 2. The first kappa shape index (κ1) is 16.7. The lowest BCUT2D eigenvalue weighted by Gasteiger charge is -2.13. The van der Waals surface area contributed by atoms with E-state index in [1.165, 1.54) is 0 Å². The fraction of sp³-hybridized carbons (Fsp3) is 0.211. The molecular weight excluding hydrogens is 318 g/mol. The Hall–Kier alpha value is -3.15. The van der Waals surface area contributed by atoms with Crippen molar-refractivity contribution in [3.63, 3.8) is 0 Å². The number of para-hydroxylation sites is 1. The number of hydrogen-bond acceptors (Lipinski definition) is 4. The molecule has 2 N–H and O–H groups in total. The maximum absolute atomic E-state index is 12.2. The van der Waals surface area contributed by atoms with Crippen LogP contribution in [0.1, 0.15) is 23.0 Å². The van der Waals surface area contributed by atoms with E-state index in [2.05, 4.69) is 15.5 Å². The largest absolute Gasteiger partial charge is 0.448 e. The minimum absolute atomic E-state index is 0.180. The second-order valence-electron chi connectivity index (χ2n) is 5.69. The van der Waals surface area contributed by atoms with E-state index in [1.54, 1.807) is 13.0 Å². The normalized spacial score (nSPS) is 11.9. The number of carbonyl (C=O) groups excluding carboxylic acids is 2. The Morgan fingerprint density at radius 2 is 1.84 bits per heavy atom. The van der Waals surface area contributed by atoms with Crippen molar-refractivity contribution < 1.29 is 14.3 Å². The van der Waals surface area contributed by atoms with Crippen molar-refractivity contribution in [2.75, 3.05) is 6.54 Å². The third-order valence-corrected chi connectivity index (χ3v) is 3.87. The average molecular weight is 337 g/mol. The predicted molar refractivity (Wildman–Crippen MR) is 94.1 cm³/mol. The Bertz CT molecular complexity index is 874. The van der Waals surface area contributed by atoms with Crippen molar-refractivity contribution in [1.82, 2.24) is 15.5 Å². The molecule has 1 atom stereocenters. The molecule has 0 saturated heterocycles. The number of rotatable bonds is 6. The van der Waals surface area contributed by atoms with Gasteiger partial charge in [-0.05, 0) is 25.0 Å². The summed E-state index contributed by atoms with van der Waals surface area (Å²) in [6, 6.07) is 17.1. The van der Waals surface area contributed by atoms with Crippen LogP contribution >= 0.6 is 0 Å². The Balaban J connectivity index is 1.53. The summed E-state index contributed by atoms with van der Waals surface area (Å²) in [5, 5.41) is 10.2. The van der Waals surface area contributed by atoms with E-state index in [9.17, 15) is 9.59 Å². The molecule has 6 heteroatoms. The van der Waals surface area contributed by atoms with Crippen LogP contribution in [0.4, 0.5) is 0 Å². The fourth-order valence-electron chi connectivity index (χ4n) is 2.51. The van der Waals surface area contributed by atoms with Gasteiger partial charge >= 0.3 is 5.97 Å².